The van der Waals surface area contributed by atoms with Crippen molar-refractivity contribution in [2.75, 3.05) is 0 Å². The molecule has 0 bridgehead atoms. The van der Waals surface area contributed by atoms with Crippen molar-refractivity contribution < 1.29 is 14.4 Å². The standard InChI is InChI=1S/C18H20N4O3/c1-3-14-9-16(25-22-14)17(23)21-10-13-5-4-8-19-18(13)24-15-7-6-12(2)20-11-15/h4-8,11,16H,3,9-10H2,1-2H3,(H,21,23). The van der Waals surface area contributed by atoms with Crippen molar-refractivity contribution in [3.05, 3.63) is 47.9 Å². The highest BCUT2D eigenvalue weighted by molar-refractivity contribution is 5.92. The lowest BCUT2D eigenvalue weighted by molar-refractivity contribution is -0.131. The molecule has 1 N–H and O–H groups in total. The van der Waals surface area contributed by atoms with Crippen LogP contribution in [0.5, 0.6) is 11.6 Å². The molecule has 3 rings (SSSR count). The molecule has 2 aromatic rings. The Morgan fingerprint density at radius 1 is 1.36 bits per heavy atom. The number of hydrogen-bond donors (Lipinski definition) is 1. The van der Waals surface area contributed by atoms with Crippen molar-refractivity contribution >= 4 is 11.6 Å². The van der Waals surface area contributed by atoms with Gasteiger partial charge in [-0.3, -0.25) is 9.78 Å². The number of carbonyl (C=O) groups excluding carboxylic acids is 1. The third-order valence-corrected chi connectivity index (χ3v) is 3.83. The number of rotatable bonds is 6. The molecule has 25 heavy (non-hydrogen) atoms. The summed E-state index contributed by atoms with van der Waals surface area (Å²) in [6, 6.07) is 7.34. The molecule has 7 nitrogen and oxygen atoms in total. The van der Waals surface area contributed by atoms with Gasteiger partial charge in [0.1, 0.15) is 5.75 Å². The maximum atomic E-state index is 12.2. The van der Waals surface area contributed by atoms with Crippen LogP contribution < -0.4 is 10.1 Å². The Kier molecular flexibility index (Phi) is 5.23. The van der Waals surface area contributed by atoms with Crippen molar-refractivity contribution in [3.8, 4) is 11.6 Å². The number of pyridine rings is 2. The summed E-state index contributed by atoms with van der Waals surface area (Å²) in [5.74, 6) is 0.835. The Hall–Kier alpha value is -2.96. The van der Waals surface area contributed by atoms with E-state index in [9.17, 15) is 4.79 Å². The van der Waals surface area contributed by atoms with Crippen LogP contribution >= 0.6 is 0 Å². The molecule has 0 aromatic carbocycles. The monoisotopic (exact) mass is 340 g/mol. The summed E-state index contributed by atoms with van der Waals surface area (Å²) in [5, 5.41) is 6.75. The van der Waals surface area contributed by atoms with Crippen molar-refractivity contribution in [2.24, 2.45) is 5.16 Å². The summed E-state index contributed by atoms with van der Waals surface area (Å²) in [6.07, 6.45) is 4.05. The van der Waals surface area contributed by atoms with Gasteiger partial charge in [0, 0.05) is 30.4 Å². The van der Waals surface area contributed by atoms with Crippen molar-refractivity contribution in [3.63, 3.8) is 0 Å². The van der Waals surface area contributed by atoms with Gasteiger partial charge in [-0.05, 0) is 31.5 Å². The predicted molar refractivity (Wildman–Crippen MR) is 92.3 cm³/mol. The Balaban J connectivity index is 1.61. The van der Waals surface area contributed by atoms with Crippen LogP contribution in [0.1, 0.15) is 31.0 Å². The first-order valence-electron chi connectivity index (χ1n) is 8.19. The van der Waals surface area contributed by atoms with Gasteiger partial charge < -0.3 is 14.9 Å². The third-order valence-electron chi connectivity index (χ3n) is 3.83. The topological polar surface area (TPSA) is 85.7 Å². The summed E-state index contributed by atoms with van der Waals surface area (Å²) in [7, 11) is 0. The molecule has 0 spiro atoms. The summed E-state index contributed by atoms with van der Waals surface area (Å²) in [6.45, 7) is 4.19. The lowest BCUT2D eigenvalue weighted by atomic mass is 10.1. The zero-order valence-corrected chi connectivity index (χ0v) is 14.2. The molecule has 1 unspecified atom stereocenters. The summed E-state index contributed by atoms with van der Waals surface area (Å²) >= 11 is 0. The first kappa shape index (κ1) is 16.9. The lowest BCUT2D eigenvalue weighted by Crippen LogP contribution is -2.34. The fraction of sp³-hybridized carbons (Fsp3) is 0.333. The van der Waals surface area contributed by atoms with Crippen molar-refractivity contribution in [2.45, 2.75) is 39.3 Å². The van der Waals surface area contributed by atoms with Crippen LogP contribution in [0.3, 0.4) is 0 Å². The van der Waals surface area contributed by atoms with Gasteiger partial charge in [0.15, 0.2) is 0 Å². The van der Waals surface area contributed by atoms with E-state index in [1.165, 1.54) is 0 Å². The number of hydrogen-bond acceptors (Lipinski definition) is 6. The second-order valence-corrected chi connectivity index (χ2v) is 5.73. The molecule has 0 radical (unpaired) electrons. The number of aryl methyl sites for hydroxylation is 1. The SMILES string of the molecule is CCC1=NOC(C(=O)NCc2cccnc2Oc2ccc(C)nc2)C1. The normalized spacial score (nSPS) is 16.1. The molecule has 1 aliphatic heterocycles. The van der Waals surface area contributed by atoms with Gasteiger partial charge >= 0.3 is 0 Å². The van der Waals surface area contributed by atoms with Crippen LogP contribution in [0.4, 0.5) is 0 Å². The summed E-state index contributed by atoms with van der Waals surface area (Å²) in [4.78, 5) is 25.8. The molecule has 1 aliphatic rings. The molecular formula is C18H20N4O3. The average Bonchev–Trinajstić information content (AvgIpc) is 3.12. The molecule has 1 atom stereocenters. The minimum atomic E-state index is -0.558. The Bertz CT molecular complexity index is 774. The van der Waals surface area contributed by atoms with Crippen molar-refractivity contribution in [1.29, 1.82) is 0 Å². The Morgan fingerprint density at radius 2 is 2.24 bits per heavy atom. The van der Waals surface area contributed by atoms with Crippen LogP contribution in [0, 0.1) is 6.92 Å². The van der Waals surface area contributed by atoms with Gasteiger partial charge in [0.05, 0.1) is 11.9 Å². The molecule has 1 amide bonds. The van der Waals surface area contributed by atoms with Gasteiger partial charge in [-0.1, -0.05) is 18.1 Å². The minimum Gasteiger partial charge on any atom is -0.437 e. The fourth-order valence-electron chi connectivity index (χ4n) is 2.35. The maximum Gasteiger partial charge on any atom is 0.264 e. The summed E-state index contributed by atoms with van der Waals surface area (Å²) in [5.41, 5.74) is 2.58. The minimum absolute atomic E-state index is 0.195. The van der Waals surface area contributed by atoms with E-state index in [0.717, 1.165) is 23.4 Å². The first-order valence-corrected chi connectivity index (χ1v) is 8.19. The number of amides is 1. The second-order valence-electron chi connectivity index (χ2n) is 5.73. The van der Waals surface area contributed by atoms with Crippen LogP contribution in [0.2, 0.25) is 0 Å². The van der Waals surface area contributed by atoms with E-state index in [-0.39, 0.29) is 5.91 Å². The van der Waals surface area contributed by atoms with E-state index < -0.39 is 6.10 Å². The molecule has 7 heteroatoms. The van der Waals surface area contributed by atoms with Gasteiger partial charge in [0.25, 0.3) is 5.91 Å². The maximum absolute atomic E-state index is 12.2. The van der Waals surface area contributed by atoms with Gasteiger partial charge in [-0.25, -0.2) is 4.98 Å². The lowest BCUT2D eigenvalue weighted by Gasteiger charge is -2.12. The van der Waals surface area contributed by atoms with Gasteiger partial charge in [-0.15, -0.1) is 0 Å². The van der Waals surface area contributed by atoms with Crippen LogP contribution in [0.25, 0.3) is 0 Å². The third kappa shape index (κ3) is 4.32. The molecule has 0 fully saturated rings. The number of nitrogens with one attached hydrogen (secondary N) is 1. The number of nitrogens with zero attached hydrogens (tertiary/aromatic N) is 3. The molecule has 0 saturated heterocycles. The molecule has 3 heterocycles. The predicted octanol–water partition coefficient (Wildman–Crippen LogP) is 2.75. The van der Waals surface area contributed by atoms with E-state index in [0.29, 0.717) is 24.6 Å². The largest absolute Gasteiger partial charge is 0.437 e. The zero-order valence-electron chi connectivity index (χ0n) is 14.2. The first-order chi connectivity index (χ1) is 12.2. The van der Waals surface area contributed by atoms with Gasteiger partial charge in [-0.2, -0.15) is 0 Å². The molecule has 130 valence electrons. The molecule has 2 aromatic heterocycles. The fourth-order valence-corrected chi connectivity index (χ4v) is 2.35. The highest BCUT2D eigenvalue weighted by atomic mass is 16.6. The van der Waals surface area contributed by atoms with Gasteiger partial charge in [0.2, 0.25) is 12.0 Å². The second kappa shape index (κ2) is 7.74. The Morgan fingerprint density at radius 3 is 2.96 bits per heavy atom. The molecular weight excluding hydrogens is 320 g/mol. The quantitative estimate of drug-likeness (QED) is 0.874. The summed E-state index contributed by atoms with van der Waals surface area (Å²) < 4.78 is 5.78. The number of oxime groups is 1. The zero-order chi connectivity index (χ0) is 17.6. The van der Waals surface area contributed by atoms with Crippen molar-refractivity contribution in [1.82, 2.24) is 15.3 Å². The highest BCUT2D eigenvalue weighted by Crippen LogP contribution is 2.22. The van der Waals surface area contributed by atoms with E-state index in [4.69, 9.17) is 9.57 Å². The van der Waals surface area contributed by atoms with E-state index in [1.54, 1.807) is 18.5 Å². The van der Waals surface area contributed by atoms with Crippen LogP contribution in [-0.4, -0.2) is 27.7 Å². The van der Waals surface area contributed by atoms with Crippen LogP contribution in [-0.2, 0) is 16.2 Å². The van der Waals surface area contributed by atoms with E-state index >= 15 is 0 Å². The smallest absolute Gasteiger partial charge is 0.264 e. The Labute approximate surface area is 146 Å². The number of carbonyl (C=O) groups is 1. The van der Waals surface area contributed by atoms with E-state index in [1.807, 2.05) is 32.0 Å². The number of ether oxygens (including phenoxy) is 1. The molecule has 0 aliphatic carbocycles. The average molecular weight is 340 g/mol. The van der Waals surface area contributed by atoms with E-state index in [2.05, 4.69) is 20.4 Å². The highest BCUT2D eigenvalue weighted by Gasteiger charge is 2.27. The molecule has 0 saturated carbocycles. The number of aromatic nitrogens is 2. The van der Waals surface area contributed by atoms with Crippen LogP contribution in [0.15, 0.2) is 41.8 Å².